The molecule has 2 rings (SSSR count). The Bertz CT molecular complexity index is 903. The van der Waals surface area contributed by atoms with Gasteiger partial charge in [-0.2, -0.15) is 5.10 Å². The summed E-state index contributed by atoms with van der Waals surface area (Å²) in [5, 5.41) is 18.7. The van der Waals surface area contributed by atoms with E-state index in [0.29, 0.717) is 23.5 Å². The largest absolute Gasteiger partial charge is 0.465 e. The van der Waals surface area contributed by atoms with Crippen LogP contribution in [0.25, 0.3) is 11.3 Å². The normalized spacial score (nSPS) is 12.8. The van der Waals surface area contributed by atoms with Gasteiger partial charge in [0.1, 0.15) is 0 Å². The molecule has 2 aromatic rings. The number of hydrogen-bond donors (Lipinski definition) is 3. The summed E-state index contributed by atoms with van der Waals surface area (Å²) < 4.78 is 1.65. The molecule has 0 aliphatic carbocycles. The minimum atomic E-state index is -1.14. The van der Waals surface area contributed by atoms with Gasteiger partial charge in [-0.1, -0.05) is 26.0 Å². The van der Waals surface area contributed by atoms with Crippen molar-refractivity contribution in [1.82, 2.24) is 20.1 Å². The minimum Gasteiger partial charge on any atom is -0.465 e. The Balaban J connectivity index is 2.39. The van der Waals surface area contributed by atoms with Gasteiger partial charge in [0.25, 0.3) is 0 Å². The molecular weight excluding hydrogens is 370 g/mol. The fourth-order valence-electron chi connectivity index (χ4n) is 3.12. The lowest BCUT2D eigenvalue weighted by Crippen LogP contribution is -2.27. The molecule has 0 fully saturated rings. The fraction of sp³-hybridized carbons (Fsp3) is 0.333. The first kappa shape index (κ1) is 21.9. The molecule has 3 N–H and O–H groups in total. The summed E-state index contributed by atoms with van der Waals surface area (Å²) in [7, 11) is 1.77. The third-order valence-corrected chi connectivity index (χ3v) is 4.58. The molecule has 29 heavy (non-hydrogen) atoms. The number of pyridine rings is 1. The SMILES string of the molecule is C=CC[C@H](NC(=O)O)c1cc(-c2c(NC(=O)C(C=C)C(C)C)cnn2C)ccn1. The molecule has 0 spiro atoms. The molecule has 2 amide bonds. The molecule has 2 atom stereocenters. The molecule has 2 aromatic heterocycles. The number of amides is 2. The molecule has 154 valence electrons. The average molecular weight is 397 g/mol. The Hall–Kier alpha value is -3.42. The number of nitrogens with one attached hydrogen (secondary N) is 2. The number of aryl methyl sites for hydroxylation is 1. The minimum absolute atomic E-state index is 0.113. The van der Waals surface area contributed by atoms with Gasteiger partial charge >= 0.3 is 6.09 Å². The van der Waals surface area contributed by atoms with Gasteiger partial charge in [0.15, 0.2) is 0 Å². The molecule has 0 radical (unpaired) electrons. The second-order valence-electron chi connectivity index (χ2n) is 7.02. The van der Waals surface area contributed by atoms with E-state index in [0.717, 1.165) is 5.56 Å². The summed E-state index contributed by atoms with van der Waals surface area (Å²) in [6.07, 6.45) is 5.72. The molecule has 1 unspecified atom stereocenters. The monoisotopic (exact) mass is 397 g/mol. The fourth-order valence-corrected chi connectivity index (χ4v) is 3.12. The van der Waals surface area contributed by atoms with E-state index in [2.05, 4.69) is 33.9 Å². The van der Waals surface area contributed by atoms with Crippen LogP contribution in [0.3, 0.4) is 0 Å². The highest BCUT2D eigenvalue weighted by Crippen LogP contribution is 2.30. The molecule has 2 heterocycles. The Labute approximate surface area is 170 Å². The third-order valence-electron chi connectivity index (χ3n) is 4.58. The van der Waals surface area contributed by atoms with E-state index < -0.39 is 12.1 Å². The molecule has 0 aliphatic rings. The molecule has 0 saturated heterocycles. The van der Waals surface area contributed by atoms with Gasteiger partial charge < -0.3 is 15.7 Å². The Morgan fingerprint density at radius 2 is 2.07 bits per heavy atom. The summed E-state index contributed by atoms with van der Waals surface area (Å²) in [5.74, 6) is -0.370. The van der Waals surface area contributed by atoms with Gasteiger partial charge in [0, 0.05) is 18.8 Å². The van der Waals surface area contributed by atoms with Crippen molar-refractivity contribution in [2.45, 2.75) is 26.3 Å². The molecule has 0 aliphatic heterocycles. The number of aromatic nitrogens is 3. The predicted molar refractivity (Wildman–Crippen MR) is 112 cm³/mol. The zero-order valence-electron chi connectivity index (χ0n) is 16.9. The smallest absolute Gasteiger partial charge is 0.405 e. The predicted octanol–water partition coefficient (Wildman–Crippen LogP) is 3.76. The number of carbonyl (C=O) groups is 2. The second-order valence-corrected chi connectivity index (χ2v) is 7.02. The first-order valence-electron chi connectivity index (χ1n) is 9.30. The molecule has 0 bridgehead atoms. The summed E-state index contributed by atoms with van der Waals surface area (Å²) in [6, 6.07) is 3.04. The van der Waals surface area contributed by atoms with E-state index in [1.807, 2.05) is 13.8 Å². The van der Waals surface area contributed by atoms with Crippen LogP contribution in [0.15, 0.2) is 49.8 Å². The maximum absolute atomic E-state index is 12.6. The van der Waals surface area contributed by atoms with Crippen molar-refractivity contribution >= 4 is 17.7 Å². The number of carboxylic acid groups (broad SMARTS) is 1. The summed E-state index contributed by atoms with van der Waals surface area (Å²) in [4.78, 5) is 28.0. The zero-order chi connectivity index (χ0) is 21.6. The maximum atomic E-state index is 12.6. The summed E-state index contributed by atoms with van der Waals surface area (Å²) in [6.45, 7) is 11.3. The van der Waals surface area contributed by atoms with Gasteiger partial charge in [-0.25, -0.2) is 4.79 Å². The topological polar surface area (TPSA) is 109 Å². The third kappa shape index (κ3) is 5.31. The molecule has 8 nitrogen and oxygen atoms in total. The van der Waals surface area contributed by atoms with Gasteiger partial charge in [-0.3, -0.25) is 14.5 Å². The van der Waals surface area contributed by atoms with Crippen molar-refractivity contribution < 1.29 is 14.7 Å². The highest BCUT2D eigenvalue weighted by atomic mass is 16.4. The van der Waals surface area contributed by atoms with E-state index in [1.165, 1.54) is 0 Å². The summed E-state index contributed by atoms with van der Waals surface area (Å²) >= 11 is 0. The zero-order valence-corrected chi connectivity index (χ0v) is 16.9. The van der Waals surface area contributed by atoms with Crippen molar-refractivity contribution in [3.63, 3.8) is 0 Å². The average Bonchev–Trinajstić information content (AvgIpc) is 3.01. The second kappa shape index (κ2) is 9.68. The highest BCUT2D eigenvalue weighted by molar-refractivity contribution is 5.97. The molecule has 0 aromatic carbocycles. The van der Waals surface area contributed by atoms with Gasteiger partial charge in [-0.05, 0) is 24.5 Å². The van der Waals surface area contributed by atoms with E-state index in [4.69, 9.17) is 5.11 Å². The van der Waals surface area contributed by atoms with E-state index in [9.17, 15) is 9.59 Å². The number of hydrogen-bond acceptors (Lipinski definition) is 4. The van der Waals surface area contributed by atoms with Gasteiger partial charge in [0.05, 0.1) is 35.2 Å². The van der Waals surface area contributed by atoms with Crippen LogP contribution in [0.5, 0.6) is 0 Å². The summed E-state index contributed by atoms with van der Waals surface area (Å²) in [5.41, 5.74) is 2.57. The van der Waals surface area contributed by atoms with Crippen LogP contribution in [-0.4, -0.2) is 31.9 Å². The van der Waals surface area contributed by atoms with Crippen molar-refractivity contribution in [3.8, 4) is 11.3 Å². The number of anilines is 1. The van der Waals surface area contributed by atoms with Crippen LogP contribution >= 0.6 is 0 Å². The van der Waals surface area contributed by atoms with Gasteiger partial charge in [0.2, 0.25) is 5.91 Å². The quantitative estimate of drug-likeness (QED) is 0.558. The highest BCUT2D eigenvalue weighted by Gasteiger charge is 2.22. The number of rotatable bonds is 9. The van der Waals surface area contributed by atoms with Gasteiger partial charge in [-0.15, -0.1) is 13.2 Å². The van der Waals surface area contributed by atoms with Crippen molar-refractivity contribution in [3.05, 3.63) is 55.5 Å². The molecular formula is C21H27N5O3. The molecule has 0 saturated carbocycles. The number of carbonyl (C=O) groups excluding carboxylic acids is 1. The van der Waals surface area contributed by atoms with Crippen molar-refractivity contribution in [2.24, 2.45) is 18.9 Å². The van der Waals surface area contributed by atoms with Crippen LogP contribution in [0.2, 0.25) is 0 Å². The Morgan fingerprint density at radius 1 is 1.34 bits per heavy atom. The lowest BCUT2D eigenvalue weighted by molar-refractivity contribution is -0.119. The standard InChI is InChI=1S/C21H27N5O3/c1-6-8-16(25-21(28)29)17-11-14(9-10-22-17)19-18(12-23-26(19)5)24-20(27)15(7-2)13(3)4/h6-7,9-13,15-16,25H,1-2,8H2,3-5H3,(H,24,27)(H,28,29)/t15?,16-/m0/s1. The van der Waals surface area contributed by atoms with Crippen LogP contribution in [0.1, 0.15) is 32.0 Å². The lowest BCUT2D eigenvalue weighted by Gasteiger charge is -2.17. The maximum Gasteiger partial charge on any atom is 0.405 e. The first-order chi connectivity index (χ1) is 13.8. The van der Waals surface area contributed by atoms with Crippen molar-refractivity contribution in [2.75, 3.05) is 5.32 Å². The van der Waals surface area contributed by atoms with Crippen molar-refractivity contribution in [1.29, 1.82) is 0 Å². The van der Waals surface area contributed by atoms with Crippen LogP contribution < -0.4 is 10.6 Å². The van der Waals surface area contributed by atoms with E-state index in [1.54, 1.807) is 48.4 Å². The molecule has 8 heteroatoms. The first-order valence-corrected chi connectivity index (χ1v) is 9.30. The van der Waals surface area contributed by atoms with E-state index >= 15 is 0 Å². The Morgan fingerprint density at radius 3 is 2.66 bits per heavy atom. The van der Waals surface area contributed by atoms with Crippen LogP contribution in [-0.2, 0) is 11.8 Å². The Kier molecular flexibility index (Phi) is 7.30. The van der Waals surface area contributed by atoms with Crippen LogP contribution in [0.4, 0.5) is 10.5 Å². The van der Waals surface area contributed by atoms with E-state index in [-0.39, 0.29) is 17.7 Å². The van der Waals surface area contributed by atoms with Crippen LogP contribution in [0, 0.1) is 11.8 Å². The lowest BCUT2D eigenvalue weighted by atomic mass is 9.95. The number of nitrogens with zero attached hydrogens (tertiary/aromatic N) is 3.